The number of benzene rings is 2. The van der Waals surface area contributed by atoms with Gasteiger partial charge in [-0.1, -0.05) is 48.7 Å². The van der Waals surface area contributed by atoms with Crippen LogP contribution in [0.3, 0.4) is 0 Å². The standard InChI is InChI=1S/C32H36N2O5/c1-22-5-4-8-25(19-22)30-28-20-26(10-9-23(28)13-14-34(30)31(35)24-6-2-3-7-24)38-21-27-11-12-29(39-27)32(36)33-15-17-37-18-16-33/h4-5,8-12,19-20,24,30H,2-3,6-7,13-18,21H2,1H3/t30-/m1/s1. The summed E-state index contributed by atoms with van der Waals surface area (Å²) < 4.78 is 17.3. The SMILES string of the molecule is Cc1cccc([C@@H]2c3cc(OCc4ccc(C(=O)N5CCOCC5)o4)ccc3CCN2C(=O)C2CCCC2)c1. The zero-order valence-electron chi connectivity index (χ0n) is 22.6. The molecule has 7 heteroatoms. The highest BCUT2D eigenvalue weighted by molar-refractivity contribution is 5.91. The molecule has 204 valence electrons. The van der Waals surface area contributed by atoms with Crippen LogP contribution >= 0.6 is 0 Å². The van der Waals surface area contributed by atoms with Gasteiger partial charge < -0.3 is 23.7 Å². The van der Waals surface area contributed by atoms with Crippen molar-refractivity contribution in [2.75, 3.05) is 32.8 Å². The first-order valence-electron chi connectivity index (χ1n) is 14.2. The van der Waals surface area contributed by atoms with Gasteiger partial charge in [0.15, 0.2) is 5.76 Å². The Morgan fingerprint density at radius 3 is 2.59 bits per heavy atom. The molecule has 2 fully saturated rings. The fourth-order valence-electron chi connectivity index (χ4n) is 6.17. The molecule has 3 aliphatic rings. The quantitative estimate of drug-likeness (QED) is 0.434. The molecule has 6 rings (SSSR count). The first kappa shape index (κ1) is 25.7. The molecule has 0 unspecified atom stereocenters. The summed E-state index contributed by atoms with van der Waals surface area (Å²) in [6.45, 7) is 5.29. The van der Waals surface area contributed by atoms with Crippen LogP contribution in [0.15, 0.2) is 59.0 Å². The van der Waals surface area contributed by atoms with Crippen molar-refractivity contribution < 1.29 is 23.5 Å². The minimum atomic E-state index is -0.133. The highest BCUT2D eigenvalue weighted by atomic mass is 16.5. The van der Waals surface area contributed by atoms with Gasteiger partial charge in [-0.3, -0.25) is 9.59 Å². The molecule has 0 radical (unpaired) electrons. The molecule has 2 aliphatic heterocycles. The molecule has 39 heavy (non-hydrogen) atoms. The second-order valence-corrected chi connectivity index (χ2v) is 10.9. The third kappa shape index (κ3) is 5.46. The highest BCUT2D eigenvalue weighted by Gasteiger charge is 2.36. The Kier molecular flexibility index (Phi) is 7.42. The number of aryl methyl sites for hydroxylation is 1. The van der Waals surface area contributed by atoms with E-state index in [0.29, 0.717) is 37.8 Å². The van der Waals surface area contributed by atoms with Gasteiger partial charge in [-0.2, -0.15) is 0 Å². The number of nitrogens with zero attached hydrogens (tertiary/aromatic N) is 2. The molecule has 1 aliphatic carbocycles. The van der Waals surface area contributed by atoms with Crippen LogP contribution in [0.2, 0.25) is 0 Å². The largest absolute Gasteiger partial charge is 0.486 e. The van der Waals surface area contributed by atoms with Gasteiger partial charge in [-0.15, -0.1) is 0 Å². The van der Waals surface area contributed by atoms with Crippen molar-refractivity contribution in [3.63, 3.8) is 0 Å². The van der Waals surface area contributed by atoms with Crippen LogP contribution in [0.1, 0.15) is 70.3 Å². The number of carbonyl (C=O) groups excluding carboxylic acids is 2. The summed E-state index contributed by atoms with van der Waals surface area (Å²) in [7, 11) is 0. The zero-order valence-corrected chi connectivity index (χ0v) is 22.6. The van der Waals surface area contributed by atoms with Crippen molar-refractivity contribution in [3.8, 4) is 5.75 Å². The summed E-state index contributed by atoms with van der Waals surface area (Å²) in [6.07, 6.45) is 5.10. The fraction of sp³-hybridized carbons (Fsp3) is 0.438. The molecule has 0 N–H and O–H groups in total. The van der Waals surface area contributed by atoms with Crippen molar-refractivity contribution in [1.29, 1.82) is 0 Å². The molecule has 7 nitrogen and oxygen atoms in total. The molecule has 3 heterocycles. The summed E-state index contributed by atoms with van der Waals surface area (Å²) in [4.78, 5) is 30.3. The number of fused-ring (bicyclic) bond motifs is 1. The van der Waals surface area contributed by atoms with Gasteiger partial charge in [0.05, 0.1) is 19.3 Å². The van der Waals surface area contributed by atoms with Gasteiger partial charge in [-0.25, -0.2) is 0 Å². The normalized spacial score (nSPS) is 19.7. The lowest BCUT2D eigenvalue weighted by atomic mass is 9.86. The smallest absolute Gasteiger partial charge is 0.289 e. The summed E-state index contributed by atoms with van der Waals surface area (Å²) in [5.74, 6) is 1.93. The Morgan fingerprint density at radius 1 is 0.974 bits per heavy atom. The maximum Gasteiger partial charge on any atom is 0.289 e. The number of amides is 2. The van der Waals surface area contributed by atoms with E-state index < -0.39 is 0 Å². The van der Waals surface area contributed by atoms with Crippen LogP contribution in [0, 0.1) is 12.8 Å². The topological polar surface area (TPSA) is 72.2 Å². The van der Waals surface area contributed by atoms with Crippen LogP contribution in [-0.4, -0.2) is 54.5 Å². The first-order valence-corrected chi connectivity index (χ1v) is 14.2. The molecule has 2 aromatic carbocycles. The average molecular weight is 529 g/mol. The number of hydrogen-bond acceptors (Lipinski definition) is 5. The van der Waals surface area contributed by atoms with E-state index in [4.69, 9.17) is 13.9 Å². The van der Waals surface area contributed by atoms with E-state index in [-0.39, 0.29) is 30.4 Å². The number of ether oxygens (including phenoxy) is 2. The molecular formula is C32H36N2O5. The Labute approximate surface area is 229 Å². The van der Waals surface area contributed by atoms with Crippen molar-refractivity contribution >= 4 is 11.8 Å². The first-order chi connectivity index (χ1) is 19.1. The van der Waals surface area contributed by atoms with Gasteiger partial charge in [0.25, 0.3) is 5.91 Å². The Balaban J connectivity index is 1.22. The van der Waals surface area contributed by atoms with Gasteiger partial charge in [0, 0.05) is 25.6 Å². The van der Waals surface area contributed by atoms with Gasteiger partial charge in [0.1, 0.15) is 18.1 Å². The molecule has 1 saturated carbocycles. The van der Waals surface area contributed by atoms with E-state index in [1.54, 1.807) is 17.0 Å². The molecular weight excluding hydrogens is 492 g/mol. The van der Waals surface area contributed by atoms with E-state index in [1.165, 1.54) is 11.1 Å². The fourth-order valence-corrected chi connectivity index (χ4v) is 6.17. The highest BCUT2D eigenvalue weighted by Crippen LogP contribution is 2.40. The lowest BCUT2D eigenvalue weighted by Crippen LogP contribution is -2.43. The molecule has 2 amide bonds. The minimum absolute atomic E-state index is 0.119. The Hall–Kier alpha value is -3.58. The van der Waals surface area contributed by atoms with Crippen LogP contribution in [-0.2, 0) is 22.6 Å². The van der Waals surface area contributed by atoms with E-state index in [9.17, 15) is 9.59 Å². The van der Waals surface area contributed by atoms with E-state index in [0.717, 1.165) is 55.5 Å². The second-order valence-electron chi connectivity index (χ2n) is 10.9. The third-order valence-corrected chi connectivity index (χ3v) is 8.24. The van der Waals surface area contributed by atoms with Gasteiger partial charge in [0.2, 0.25) is 5.91 Å². The lowest BCUT2D eigenvalue weighted by Gasteiger charge is -2.39. The molecule has 1 saturated heterocycles. The monoisotopic (exact) mass is 528 g/mol. The number of morpholine rings is 1. The number of carbonyl (C=O) groups is 2. The van der Waals surface area contributed by atoms with Crippen LogP contribution in [0.4, 0.5) is 0 Å². The Bertz CT molecular complexity index is 1340. The van der Waals surface area contributed by atoms with Crippen LogP contribution in [0.5, 0.6) is 5.75 Å². The van der Waals surface area contributed by atoms with Crippen molar-refractivity contribution in [2.45, 2.75) is 51.7 Å². The number of hydrogen-bond donors (Lipinski definition) is 0. The summed E-state index contributed by atoms with van der Waals surface area (Å²) in [5.41, 5.74) is 4.69. The summed E-state index contributed by atoms with van der Waals surface area (Å²) in [5, 5.41) is 0. The molecule has 0 spiro atoms. The number of furan rings is 1. The Morgan fingerprint density at radius 2 is 1.79 bits per heavy atom. The molecule has 3 aromatic rings. The average Bonchev–Trinajstić information content (AvgIpc) is 3.68. The van der Waals surface area contributed by atoms with Crippen LogP contribution in [0.25, 0.3) is 0 Å². The minimum Gasteiger partial charge on any atom is -0.486 e. The molecule has 1 aromatic heterocycles. The maximum absolute atomic E-state index is 13.7. The number of rotatable bonds is 6. The van der Waals surface area contributed by atoms with E-state index >= 15 is 0 Å². The predicted molar refractivity (Wildman–Crippen MR) is 147 cm³/mol. The van der Waals surface area contributed by atoms with E-state index in [1.807, 2.05) is 6.07 Å². The maximum atomic E-state index is 13.7. The summed E-state index contributed by atoms with van der Waals surface area (Å²) >= 11 is 0. The van der Waals surface area contributed by atoms with Crippen LogP contribution < -0.4 is 4.74 Å². The summed E-state index contributed by atoms with van der Waals surface area (Å²) in [6, 6.07) is 18.1. The second kappa shape index (κ2) is 11.3. The third-order valence-electron chi connectivity index (χ3n) is 8.24. The van der Waals surface area contributed by atoms with Crippen molar-refractivity contribution in [1.82, 2.24) is 9.80 Å². The van der Waals surface area contributed by atoms with Crippen molar-refractivity contribution in [3.05, 3.63) is 88.4 Å². The molecule has 0 bridgehead atoms. The molecule has 1 atom stereocenters. The van der Waals surface area contributed by atoms with Gasteiger partial charge >= 0.3 is 0 Å². The van der Waals surface area contributed by atoms with Crippen molar-refractivity contribution in [2.24, 2.45) is 5.92 Å². The zero-order chi connectivity index (χ0) is 26.8. The predicted octanol–water partition coefficient (Wildman–Crippen LogP) is 5.30. The van der Waals surface area contributed by atoms with Gasteiger partial charge in [-0.05, 0) is 67.1 Å². The lowest BCUT2D eigenvalue weighted by molar-refractivity contribution is -0.137. The van der Waals surface area contributed by atoms with E-state index in [2.05, 4.69) is 48.2 Å².